The molecule has 0 bridgehead atoms. The first kappa shape index (κ1) is 21.9. The fourth-order valence-electron chi connectivity index (χ4n) is 2.95. The van der Waals surface area contributed by atoms with Crippen LogP contribution >= 0.6 is 11.3 Å². The number of amides is 2. The second-order valence-electron chi connectivity index (χ2n) is 6.91. The third-order valence-corrected chi connectivity index (χ3v) is 5.47. The zero-order valence-corrected chi connectivity index (χ0v) is 17.7. The van der Waals surface area contributed by atoms with Gasteiger partial charge in [-0.05, 0) is 31.0 Å². The molecule has 0 aliphatic rings. The van der Waals surface area contributed by atoms with Gasteiger partial charge in [-0.1, -0.05) is 49.8 Å². The molecular weight excluding hydrogens is 368 g/mol. The van der Waals surface area contributed by atoms with E-state index in [1.54, 1.807) is 22.3 Å². The number of nitrogens with zero attached hydrogens (tertiary/aromatic N) is 2. The molecule has 150 valence electrons. The lowest BCUT2D eigenvalue weighted by Gasteiger charge is -2.27. The highest BCUT2D eigenvalue weighted by molar-refractivity contribution is 7.11. The molecular formula is C23H30N2O2S. The van der Waals surface area contributed by atoms with E-state index in [-0.39, 0.29) is 18.4 Å². The summed E-state index contributed by atoms with van der Waals surface area (Å²) in [5.74, 6) is -0.0247. The van der Waals surface area contributed by atoms with Crippen LogP contribution in [-0.4, -0.2) is 34.7 Å². The average Bonchev–Trinajstić information content (AvgIpc) is 3.10. The van der Waals surface area contributed by atoms with E-state index in [2.05, 4.69) is 32.6 Å². The molecule has 28 heavy (non-hydrogen) atoms. The van der Waals surface area contributed by atoms with Crippen LogP contribution in [0.5, 0.6) is 0 Å². The SMILES string of the molecule is C=CCN(CC(=O)N(Cc1ccccc1)Cc1ccc(C)s1)C(=O)CCCC. The van der Waals surface area contributed by atoms with Crippen LogP contribution in [0.25, 0.3) is 0 Å². The molecule has 5 heteroatoms. The second kappa shape index (κ2) is 11.4. The zero-order chi connectivity index (χ0) is 20.4. The van der Waals surface area contributed by atoms with E-state index in [4.69, 9.17) is 0 Å². The molecule has 0 N–H and O–H groups in total. The molecule has 0 unspecified atom stereocenters. The van der Waals surface area contributed by atoms with Gasteiger partial charge in [0.15, 0.2) is 0 Å². The van der Waals surface area contributed by atoms with E-state index in [0.29, 0.717) is 26.1 Å². The summed E-state index contributed by atoms with van der Waals surface area (Å²) >= 11 is 1.70. The van der Waals surface area contributed by atoms with Crippen LogP contribution in [0.4, 0.5) is 0 Å². The minimum Gasteiger partial charge on any atom is -0.332 e. The van der Waals surface area contributed by atoms with Gasteiger partial charge in [-0.25, -0.2) is 0 Å². The van der Waals surface area contributed by atoms with Crippen molar-refractivity contribution in [2.24, 2.45) is 0 Å². The fraction of sp³-hybridized carbons (Fsp3) is 0.391. The van der Waals surface area contributed by atoms with E-state index in [9.17, 15) is 9.59 Å². The molecule has 0 saturated heterocycles. The smallest absolute Gasteiger partial charge is 0.242 e. The van der Waals surface area contributed by atoms with Crippen molar-refractivity contribution in [2.45, 2.75) is 46.2 Å². The number of hydrogen-bond donors (Lipinski definition) is 0. The summed E-state index contributed by atoms with van der Waals surface area (Å²) in [5.41, 5.74) is 1.08. The minimum atomic E-state index is -0.0402. The van der Waals surface area contributed by atoms with Gasteiger partial charge in [0.2, 0.25) is 11.8 Å². The highest BCUT2D eigenvalue weighted by Crippen LogP contribution is 2.19. The molecule has 0 aliphatic carbocycles. The lowest BCUT2D eigenvalue weighted by atomic mass is 10.2. The molecule has 2 rings (SSSR count). The van der Waals surface area contributed by atoms with Crippen molar-refractivity contribution in [3.8, 4) is 0 Å². The summed E-state index contributed by atoms with van der Waals surface area (Å²) in [4.78, 5) is 31.4. The fourth-order valence-corrected chi connectivity index (χ4v) is 3.86. The van der Waals surface area contributed by atoms with Gasteiger partial charge in [0.1, 0.15) is 6.54 Å². The number of benzene rings is 1. The van der Waals surface area contributed by atoms with Crippen molar-refractivity contribution in [3.05, 3.63) is 70.4 Å². The summed E-state index contributed by atoms with van der Waals surface area (Å²) in [7, 11) is 0. The van der Waals surface area contributed by atoms with Gasteiger partial charge in [-0.2, -0.15) is 0 Å². The molecule has 0 spiro atoms. The zero-order valence-electron chi connectivity index (χ0n) is 16.9. The van der Waals surface area contributed by atoms with Gasteiger partial charge in [0.05, 0.1) is 6.54 Å². The van der Waals surface area contributed by atoms with E-state index in [1.807, 2.05) is 35.2 Å². The maximum absolute atomic E-state index is 13.1. The number of unbranched alkanes of at least 4 members (excludes halogenated alkanes) is 1. The number of carbonyl (C=O) groups is 2. The standard InChI is InChI=1S/C23H30N2O2S/c1-4-6-12-22(26)24(15-5-2)18-23(27)25(16-20-10-8-7-9-11-20)17-21-14-13-19(3)28-21/h5,7-11,13-14H,2,4,6,12,15-18H2,1,3H3. The van der Waals surface area contributed by atoms with Crippen molar-refractivity contribution in [2.75, 3.05) is 13.1 Å². The predicted molar refractivity (Wildman–Crippen MR) is 116 cm³/mol. The van der Waals surface area contributed by atoms with Crippen LogP contribution in [0.3, 0.4) is 0 Å². The summed E-state index contributed by atoms with van der Waals surface area (Å²) < 4.78 is 0. The Kier molecular flexibility index (Phi) is 8.95. The van der Waals surface area contributed by atoms with Crippen molar-refractivity contribution in [3.63, 3.8) is 0 Å². The van der Waals surface area contributed by atoms with E-state index < -0.39 is 0 Å². The molecule has 2 aromatic rings. The Bertz CT molecular complexity index is 770. The first-order valence-corrected chi connectivity index (χ1v) is 10.6. The molecule has 4 nitrogen and oxygen atoms in total. The number of rotatable bonds is 11. The van der Waals surface area contributed by atoms with Crippen LogP contribution in [0.2, 0.25) is 0 Å². The number of thiophene rings is 1. The molecule has 1 heterocycles. The number of hydrogen-bond acceptors (Lipinski definition) is 3. The molecule has 0 atom stereocenters. The third kappa shape index (κ3) is 6.97. The van der Waals surface area contributed by atoms with E-state index in [1.165, 1.54) is 4.88 Å². The van der Waals surface area contributed by atoms with Crippen LogP contribution in [0.15, 0.2) is 55.1 Å². The van der Waals surface area contributed by atoms with Gasteiger partial charge in [0, 0.05) is 29.3 Å². The van der Waals surface area contributed by atoms with Crippen LogP contribution in [0, 0.1) is 6.92 Å². The Hall–Kier alpha value is -2.40. The van der Waals surface area contributed by atoms with Crippen molar-refractivity contribution in [1.82, 2.24) is 9.80 Å². The summed E-state index contributed by atoms with van der Waals surface area (Å²) in [6, 6.07) is 14.1. The molecule has 0 saturated carbocycles. The van der Waals surface area contributed by atoms with Crippen molar-refractivity contribution < 1.29 is 9.59 Å². The highest BCUT2D eigenvalue weighted by Gasteiger charge is 2.21. The van der Waals surface area contributed by atoms with E-state index in [0.717, 1.165) is 23.3 Å². The Morgan fingerprint density at radius 2 is 1.79 bits per heavy atom. The molecule has 0 aliphatic heterocycles. The van der Waals surface area contributed by atoms with Crippen molar-refractivity contribution in [1.29, 1.82) is 0 Å². The van der Waals surface area contributed by atoms with Crippen LogP contribution in [-0.2, 0) is 22.7 Å². The number of carbonyl (C=O) groups excluding carboxylic acids is 2. The lowest BCUT2D eigenvalue weighted by molar-refractivity contribution is -0.140. The average molecular weight is 399 g/mol. The Morgan fingerprint density at radius 1 is 1.04 bits per heavy atom. The number of aryl methyl sites for hydroxylation is 1. The van der Waals surface area contributed by atoms with Gasteiger partial charge in [-0.15, -0.1) is 17.9 Å². The van der Waals surface area contributed by atoms with Crippen LogP contribution < -0.4 is 0 Å². The molecule has 1 aromatic carbocycles. The maximum atomic E-state index is 13.1. The lowest BCUT2D eigenvalue weighted by Crippen LogP contribution is -2.42. The summed E-state index contributed by atoms with van der Waals surface area (Å²) in [6.07, 6.45) is 3.95. The maximum Gasteiger partial charge on any atom is 0.242 e. The molecule has 2 amide bonds. The monoisotopic (exact) mass is 398 g/mol. The molecule has 0 fully saturated rings. The third-order valence-electron chi connectivity index (χ3n) is 4.48. The summed E-state index contributed by atoms with van der Waals surface area (Å²) in [6.45, 7) is 9.42. The topological polar surface area (TPSA) is 40.6 Å². The normalized spacial score (nSPS) is 10.5. The Balaban J connectivity index is 2.13. The van der Waals surface area contributed by atoms with Gasteiger partial charge in [0.25, 0.3) is 0 Å². The Morgan fingerprint density at radius 3 is 2.39 bits per heavy atom. The first-order chi connectivity index (χ1) is 13.5. The van der Waals surface area contributed by atoms with Crippen molar-refractivity contribution >= 4 is 23.2 Å². The summed E-state index contributed by atoms with van der Waals surface area (Å²) in [5, 5.41) is 0. The van der Waals surface area contributed by atoms with E-state index >= 15 is 0 Å². The first-order valence-electron chi connectivity index (χ1n) is 9.79. The van der Waals surface area contributed by atoms with Gasteiger partial charge < -0.3 is 9.80 Å². The predicted octanol–water partition coefficient (Wildman–Crippen LogP) is 4.79. The highest BCUT2D eigenvalue weighted by atomic mass is 32.1. The second-order valence-corrected chi connectivity index (χ2v) is 8.29. The molecule has 1 aromatic heterocycles. The minimum absolute atomic E-state index is 0.0155. The Labute approximate surface area is 172 Å². The molecule has 0 radical (unpaired) electrons. The largest absolute Gasteiger partial charge is 0.332 e. The van der Waals surface area contributed by atoms with Gasteiger partial charge >= 0.3 is 0 Å². The quantitative estimate of drug-likeness (QED) is 0.511. The van der Waals surface area contributed by atoms with Gasteiger partial charge in [-0.3, -0.25) is 9.59 Å². The van der Waals surface area contributed by atoms with Crippen LogP contribution in [0.1, 0.15) is 41.5 Å².